The van der Waals surface area contributed by atoms with Gasteiger partial charge in [0.2, 0.25) is 11.8 Å². The maximum absolute atomic E-state index is 14.1. The first-order chi connectivity index (χ1) is 11.4. The van der Waals surface area contributed by atoms with E-state index in [1.165, 1.54) is 25.1 Å². The van der Waals surface area contributed by atoms with Crippen molar-refractivity contribution in [1.29, 1.82) is 0 Å². The Balaban J connectivity index is 1.72. The van der Waals surface area contributed by atoms with Crippen LogP contribution in [0.5, 0.6) is 0 Å². The van der Waals surface area contributed by atoms with Gasteiger partial charge in [0.1, 0.15) is 18.0 Å². The lowest BCUT2D eigenvalue weighted by atomic mass is 9.77. The van der Waals surface area contributed by atoms with Gasteiger partial charge >= 0.3 is 5.97 Å². The molecular weight excluding hydrogens is 317 g/mol. The molecule has 0 aromatic heterocycles. The lowest BCUT2D eigenvalue weighted by Gasteiger charge is -2.28. The Hall–Kier alpha value is -2.54. The number of ether oxygens (including phenoxy) is 2. The summed E-state index contributed by atoms with van der Waals surface area (Å²) in [7, 11) is 0. The van der Waals surface area contributed by atoms with E-state index in [4.69, 9.17) is 9.47 Å². The number of carbonyl (C=O) groups is 3. The molecule has 0 radical (unpaired) electrons. The van der Waals surface area contributed by atoms with Crippen LogP contribution in [0.25, 0.3) is 0 Å². The zero-order valence-corrected chi connectivity index (χ0v) is 12.8. The molecule has 2 saturated heterocycles. The summed E-state index contributed by atoms with van der Waals surface area (Å²) in [6.07, 6.45) is 2.79. The fourth-order valence-corrected chi connectivity index (χ4v) is 3.75. The Kier molecular flexibility index (Phi) is 3.11. The van der Waals surface area contributed by atoms with Gasteiger partial charge in [-0.2, -0.15) is 0 Å². The van der Waals surface area contributed by atoms with Crippen LogP contribution in [0.4, 0.5) is 10.1 Å². The van der Waals surface area contributed by atoms with E-state index in [0.29, 0.717) is 0 Å². The van der Waals surface area contributed by atoms with E-state index >= 15 is 0 Å². The third kappa shape index (κ3) is 1.88. The van der Waals surface area contributed by atoms with Gasteiger partial charge in [-0.3, -0.25) is 14.4 Å². The van der Waals surface area contributed by atoms with Crippen LogP contribution in [0, 0.1) is 17.7 Å². The highest BCUT2D eigenvalue weighted by molar-refractivity contribution is 6.23. The van der Waals surface area contributed by atoms with Crippen molar-refractivity contribution in [3.8, 4) is 0 Å². The average molecular weight is 331 g/mol. The number of fused-ring (bicyclic) bond motifs is 5. The largest absolute Gasteiger partial charge is 0.462 e. The van der Waals surface area contributed by atoms with Gasteiger partial charge in [-0.1, -0.05) is 18.2 Å². The number of hydrogen-bond acceptors (Lipinski definition) is 5. The summed E-state index contributed by atoms with van der Waals surface area (Å²) in [5, 5.41) is 0. The van der Waals surface area contributed by atoms with Crippen molar-refractivity contribution in [3.63, 3.8) is 0 Å². The second kappa shape index (κ2) is 4.98. The zero-order valence-electron chi connectivity index (χ0n) is 12.8. The smallest absolute Gasteiger partial charge is 0.302 e. The van der Waals surface area contributed by atoms with Crippen LogP contribution in [0.3, 0.4) is 0 Å². The molecule has 0 N–H and O–H groups in total. The Morgan fingerprint density at radius 3 is 2.79 bits per heavy atom. The first-order valence-electron chi connectivity index (χ1n) is 7.57. The molecule has 2 bridgehead atoms. The molecule has 0 spiro atoms. The first kappa shape index (κ1) is 15.0. The highest BCUT2D eigenvalue weighted by Gasteiger charge is 2.68. The first-order valence-corrected chi connectivity index (χ1v) is 7.57. The van der Waals surface area contributed by atoms with E-state index in [1.807, 2.05) is 0 Å². The number of esters is 1. The molecule has 1 aromatic carbocycles. The van der Waals surface area contributed by atoms with Crippen LogP contribution in [-0.4, -0.2) is 36.1 Å². The summed E-state index contributed by atoms with van der Waals surface area (Å²) in [5.41, 5.74) is -1.22. The second-order valence-corrected chi connectivity index (χ2v) is 6.14. The number of para-hydroxylation sites is 1. The molecule has 24 heavy (non-hydrogen) atoms. The third-order valence-corrected chi connectivity index (χ3v) is 4.75. The van der Waals surface area contributed by atoms with E-state index in [-0.39, 0.29) is 12.3 Å². The van der Waals surface area contributed by atoms with Gasteiger partial charge in [0.05, 0.1) is 23.6 Å². The SMILES string of the molecule is CC(=O)OC[C@@]12C=C[C@@H](O1)[C@@H]1C(=O)N(c3ccccc3F)C(=O)[C@@H]12. The molecule has 3 heterocycles. The lowest BCUT2D eigenvalue weighted by molar-refractivity contribution is -0.150. The highest BCUT2D eigenvalue weighted by Crippen LogP contribution is 2.52. The van der Waals surface area contributed by atoms with Crippen LogP contribution in [0.2, 0.25) is 0 Å². The Labute approximate surface area is 136 Å². The maximum atomic E-state index is 14.1. The third-order valence-electron chi connectivity index (χ3n) is 4.75. The van der Waals surface area contributed by atoms with Gasteiger partial charge in [-0.15, -0.1) is 0 Å². The average Bonchev–Trinajstić information content (AvgIpc) is 3.18. The molecular formula is C17H14FNO5. The minimum absolute atomic E-state index is 0.0658. The van der Waals surface area contributed by atoms with Gasteiger partial charge < -0.3 is 9.47 Å². The van der Waals surface area contributed by atoms with Gasteiger partial charge in [0, 0.05) is 6.92 Å². The summed E-state index contributed by atoms with van der Waals surface area (Å²) >= 11 is 0. The van der Waals surface area contributed by atoms with Crippen molar-refractivity contribution < 1.29 is 28.2 Å². The van der Waals surface area contributed by atoms with Gasteiger partial charge in [-0.25, -0.2) is 9.29 Å². The topological polar surface area (TPSA) is 72.9 Å². The fourth-order valence-electron chi connectivity index (χ4n) is 3.75. The van der Waals surface area contributed by atoms with Gasteiger partial charge in [-0.05, 0) is 18.2 Å². The number of rotatable bonds is 3. The monoisotopic (exact) mass is 331 g/mol. The Morgan fingerprint density at radius 1 is 1.33 bits per heavy atom. The Bertz CT molecular complexity index is 791. The molecule has 0 saturated carbocycles. The molecule has 4 atom stereocenters. The van der Waals surface area contributed by atoms with E-state index in [9.17, 15) is 18.8 Å². The van der Waals surface area contributed by atoms with Crippen molar-refractivity contribution in [2.24, 2.45) is 11.8 Å². The quantitative estimate of drug-likeness (QED) is 0.473. The number of carbonyl (C=O) groups excluding carboxylic acids is 3. The van der Waals surface area contributed by atoms with E-state index in [2.05, 4.69) is 0 Å². The van der Waals surface area contributed by atoms with Crippen molar-refractivity contribution in [2.45, 2.75) is 18.6 Å². The summed E-state index contributed by atoms with van der Waals surface area (Å²) in [5.74, 6) is -3.72. The highest BCUT2D eigenvalue weighted by atomic mass is 19.1. The second-order valence-electron chi connectivity index (χ2n) is 6.14. The molecule has 6 nitrogen and oxygen atoms in total. The standard InChI is InChI=1S/C17H14FNO5/c1-9(20)23-8-17-7-6-12(24-17)13-14(17)16(22)19(15(13)21)11-5-3-2-4-10(11)18/h2-7,12-14H,8H2,1H3/t12-,13+,14-,17-/m1/s1. The van der Waals surface area contributed by atoms with Crippen molar-refractivity contribution in [1.82, 2.24) is 0 Å². The minimum Gasteiger partial charge on any atom is -0.462 e. The van der Waals surface area contributed by atoms with Crippen LogP contribution in [0.1, 0.15) is 6.92 Å². The summed E-state index contributed by atoms with van der Waals surface area (Å²) in [6.45, 7) is 1.10. The molecule has 3 aliphatic heterocycles. The molecule has 3 aliphatic rings. The molecule has 2 amide bonds. The summed E-state index contributed by atoms with van der Waals surface area (Å²) < 4.78 is 24.9. The van der Waals surface area contributed by atoms with E-state index in [1.54, 1.807) is 18.2 Å². The van der Waals surface area contributed by atoms with Crippen LogP contribution < -0.4 is 4.90 Å². The molecule has 4 rings (SSSR count). The molecule has 0 unspecified atom stereocenters. The fraction of sp³-hybridized carbons (Fsp3) is 0.353. The van der Waals surface area contributed by atoms with Crippen LogP contribution in [0.15, 0.2) is 36.4 Å². The number of halogens is 1. The number of imide groups is 1. The van der Waals surface area contributed by atoms with Crippen LogP contribution >= 0.6 is 0 Å². The molecule has 2 fully saturated rings. The Morgan fingerprint density at radius 2 is 2.08 bits per heavy atom. The van der Waals surface area contributed by atoms with Crippen LogP contribution in [-0.2, 0) is 23.9 Å². The number of anilines is 1. The number of nitrogens with zero attached hydrogens (tertiary/aromatic N) is 1. The molecule has 124 valence electrons. The zero-order chi connectivity index (χ0) is 17.1. The summed E-state index contributed by atoms with van der Waals surface area (Å²) in [6, 6.07) is 5.63. The molecule has 0 aliphatic carbocycles. The van der Waals surface area contributed by atoms with Gasteiger partial charge in [0.25, 0.3) is 0 Å². The number of hydrogen-bond donors (Lipinski definition) is 0. The normalized spacial score (nSPS) is 33.2. The van der Waals surface area contributed by atoms with Crippen molar-refractivity contribution in [3.05, 3.63) is 42.2 Å². The lowest BCUT2D eigenvalue weighted by Crippen LogP contribution is -2.44. The molecule has 1 aromatic rings. The number of benzene rings is 1. The predicted octanol–water partition coefficient (Wildman–Crippen LogP) is 1.20. The minimum atomic E-state index is -1.16. The molecule has 7 heteroatoms. The maximum Gasteiger partial charge on any atom is 0.302 e. The summed E-state index contributed by atoms with van der Waals surface area (Å²) in [4.78, 5) is 37.6. The van der Waals surface area contributed by atoms with E-state index in [0.717, 1.165) is 4.90 Å². The van der Waals surface area contributed by atoms with E-state index < -0.39 is 47.1 Å². The van der Waals surface area contributed by atoms with Gasteiger partial charge in [0.15, 0.2) is 0 Å². The van der Waals surface area contributed by atoms with Crippen molar-refractivity contribution in [2.75, 3.05) is 11.5 Å². The number of amides is 2. The predicted molar refractivity (Wildman–Crippen MR) is 79.3 cm³/mol. The van der Waals surface area contributed by atoms with Crippen molar-refractivity contribution >= 4 is 23.5 Å².